The van der Waals surface area contributed by atoms with E-state index >= 15 is 0 Å². The lowest BCUT2D eigenvalue weighted by atomic mass is 9.97. The van der Waals surface area contributed by atoms with Gasteiger partial charge in [-0.1, -0.05) is 33.7 Å². The molecule has 9 heteroatoms. The van der Waals surface area contributed by atoms with Crippen LogP contribution in [0.3, 0.4) is 0 Å². The maximum Gasteiger partial charge on any atom is 0.416 e. The van der Waals surface area contributed by atoms with E-state index in [0.29, 0.717) is 5.56 Å². The molecule has 3 heterocycles. The van der Waals surface area contributed by atoms with Gasteiger partial charge in [0, 0.05) is 20.5 Å². The van der Waals surface area contributed by atoms with E-state index in [1.165, 1.54) is 43.5 Å². The second-order valence-corrected chi connectivity index (χ2v) is 8.84. The molecule has 24 heavy (non-hydrogen) atoms. The number of carbonyl (C=O) groups is 2. The second-order valence-electron chi connectivity index (χ2n) is 6.03. The SMILES string of the molecule is CN1C(=O)C2(Cc3ccc(C(F)(F)F)cc3)SSC1(C)C(=O)N2C. The first-order valence-electron chi connectivity index (χ1n) is 7.12. The molecule has 130 valence electrons. The molecule has 0 aliphatic carbocycles. The van der Waals surface area contributed by atoms with Gasteiger partial charge in [0.15, 0.2) is 9.74 Å². The lowest BCUT2D eigenvalue weighted by Gasteiger charge is -2.58. The topological polar surface area (TPSA) is 40.6 Å². The van der Waals surface area contributed by atoms with Crippen LogP contribution in [0.15, 0.2) is 24.3 Å². The van der Waals surface area contributed by atoms with Gasteiger partial charge in [-0.15, -0.1) is 0 Å². The summed E-state index contributed by atoms with van der Waals surface area (Å²) in [7, 11) is 5.77. The molecular weight excluding hydrogens is 361 g/mol. The Bertz CT molecular complexity index is 710. The number of alkyl halides is 3. The summed E-state index contributed by atoms with van der Waals surface area (Å²) in [4.78, 5) is 26.2. The van der Waals surface area contributed by atoms with Gasteiger partial charge < -0.3 is 9.80 Å². The summed E-state index contributed by atoms with van der Waals surface area (Å²) in [6.45, 7) is 1.70. The van der Waals surface area contributed by atoms with Gasteiger partial charge >= 0.3 is 6.18 Å². The minimum Gasteiger partial charge on any atom is -0.319 e. The minimum absolute atomic E-state index is 0.157. The summed E-state index contributed by atoms with van der Waals surface area (Å²) < 4.78 is 38.0. The Balaban J connectivity index is 1.94. The fourth-order valence-electron chi connectivity index (χ4n) is 2.86. The van der Waals surface area contributed by atoms with Crippen LogP contribution >= 0.6 is 21.6 Å². The first-order valence-corrected chi connectivity index (χ1v) is 9.27. The highest BCUT2D eigenvalue weighted by atomic mass is 33.1. The maximum absolute atomic E-state index is 12.8. The van der Waals surface area contributed by atoms with Gasteiger partial charge in [0.1, 0.15) is 0 Å². The molecule has 2 unspecified atom stereocenters. The average Bonchev–Trinajstić information content (AvgIpc) is 2.52. The summed E-state index contributed by atoms with van der Waals surface area (Å²) in [6, 6.07) is 4.71. The molecule has 3 aliphatic rings. The van der Waals surface area contributed by atoms with Crippen molar-refractivity contribution in [2.45, 2.75) is 29.3 Å². The van der Waals surface area contributed by atoms with Crippen molar-refractivity contribution in [1.29, 1.82) is 0 Å². The van der Waals surface area contributed by atoms with E-state index in [2.05, 4.69) is 0 Å². The van der Waals surface area contributed by atoms with E-state index in [0.717, 1.165) is 12.1 Å². The number of rotatable bonds is 2. The summed E-state index contributed by atoms with van der Waals surface area (Å²) in [5.41, 5.74) is -0.165. The largest absolute Gasteiger partial charge is 0.416 e. The van der Waals surface area contributed by atoms with Crippen molar-refractivity contribution in [2.75, 3.05) is 14.1 Å². The fraction of sp³-hybridized carbons (Fsp3) is 0.467. The molecule has 2 amide bonds. The van der Waals surface area contributed by atoms with Gasteiger partial charge in [0.2, 0.25) is 0 Å². The summed E-state index contributed by atoms with van der Waals surface area (Å²) in [5, 5.41) is 0. The number of halogens is 3. The van der Waals surface area contributed by atoms with Crippen LogP contribution in [0.5, 0.6) is 0 Å². The molecule has 0 spiro atoms. The normalized spacial score (nSPS) is 30.2. The third kappa shape index (κ3) is 2.32. The Morgan fingerprint density at radius 1 is 1.00 bits per heavy atom. The Morgan fingerprint density at radius 3 is 2.12 bits per heavy atom. The third-order valence-electron chi connectivity index (χ3n) is 4.59. The number of hydrogen-bond donors (Lipinski definition) is 0. The van der Waals surface area contributed by atoms with Gasteiger partial charge in [-0.05, 0) is 24.6 Å². The van der Waals surface area contributed by atoms with Crippen molar-refractivity contribution in [3.05, 3.63) is 35.4 Å². The van der Waals surface area contributed by atoms with Crippen LogP contribution in [0.25, 0.3) is 0 Å². The van der Waals surface area contributed by atoms with Crippen molar-refractivity contribution in [1.82, 2.24) is 9.80 Å². The van der Waals surface area contributed by atoms with E-state index in [4.69, 9.17) is 0 Å². The van der Waals surface area contributed by atoms with Gasteiger partial charge in [-0.2, -0.15) is 13.2 Å². The number of likely N-dealkylation sites (N-methyl/N-ethyl adjacent to an activating group) is 2. The van der Waals surface area contributed by atoms with Crippen molar-refractivity contribution >= 4 is 33.4 Å². The van der Waals surface area contributed by atoms with Crippen LogP contribution in [-0.4, -0.2) is 45.5 Å². The van der Waals surface area contributed by atoms with Crippen LogP contribution in [0.4, 0.5) is 13.2 Å². The lowest BCUT2D eigenvalue weighted by molar-refractivity contribution is -0.162. The maximum atomic E-state index is 12.8. The molecule has 4 rings (SSSR count). The zero-order valence-corrected chi connectivity index (χ0v) is 14.8. The highest BCUT2D eigenvalue weighted by molar-refractivity contribution is 8.78. The second kappa shape index (κ2) is 5.32. The van der Waals surface area contributed by atoms with Crippen molar-refractivity contribution in [2.24, 2.45) is 0 Å². The van der Waals surface area contributed by atoms with Gasteiger partial charge in [-0.25, -0.2) is 0 Å². The molecule has 3 aliphatic heterocycles. The quantitative estimate of drug-likeness (QED) is 0.744. The minimum atomic E-state index is -4.40. The predicted molar refractivity (Wildman–Crippen MR) is 87.0 cm³/mol. The number of piperazine rings is 1. The number of amides is 2. The van der Waals surface area contributed by atoms with E-state index in [1.54, 1.807) is 21.0 Å². The Labute approximate surface area is 145 Å². The fourth-order valence-corrected chi connectivity index (χ4v) is 6.37. The molecule has 2 bridgehead atoms. The molecule has 0 saturated carbocycles. The van der Waals surface area contributed by atoms with Crippen LogP contribution in [0, 0.1) is 0 Å². The van der Waals surface area contributed by atoms with E-state index in [1.807, 2.05) is 0 Å². The molecule has 3 saturated heterocycles. The van der Waals surface area contributed by atoms with Crippen LogP contribution in [-0.2, 0) is 22.2 Å². The highest BCUT2D eigenvalue weighted by Gasteiger charge is 2.65. The molecule has 0 aromatic heterocycles. The summed E-state index contributed by atoms with van der Waals surface area (Å²) >= 11 is 0. The molecule has 3 fully saturated rings. The molecular formula is C15H15F3N2O2S2. The van der Waals surface area contributed by atoms with Crippen molar-refractivity contribution in [3.8, 4) is 0 Å². The Morgan fingerprint density at radius 2 is 1.58 bits per heavy atom. The Hall–Kier alpha value is -1.35. The van der Waals surface area contributed by atoms with Gasteiger partial charge in [-0.3, -0.25) is 9.59 Å². The number of hydrogen-bond acceptors (Lipinski definition) is 4. The van der Waals surface area contributed by atoms with E-state index < -0.39 is 21.5 Å². The molecule has 2 atom stereocenters. The van der Waals surface area contributed by atoms with E-state index in [-0.39, 0.29) is 18.2 Å². The first-order chi connectivity index (χ1) is 11.0. The van der Waals surface area contributed by atoms with Crippen LogP contribution in [0.2, 0.25) is 0 Å². The summed E-state index contributed by atoms with van der Waals surface area (Å²) in [5.74, 6) is -0.393. The number of carbonyl (C=O) groups excluding carboxylic acids is 2. The van der Waals surface area contributed by atoms with Crippen molar-refractivity contribution in [3.63, 3.8) is 0 Å². The predicted octanol–water partition coefficient (Wildman–Crippen LogP) is 2.99. The molecule has 0 N–H and O–H groups in total. The lowest BCUT2D eigenvalue weighted by Crippen LogP contribution is -2.75. The smallest absolute Gasteiger partial charge is 0.319 e. The zero-order valence-electron chi connectivity index (χ0n) is 13.2. The monoisotopic (exact) mass is 376 g/mol. The standard InChI is InChI=1S/C15H15F3N2O2S2/c1-13-11(21)20(3)14(24-23-13,12(22)19(13)2)8-9-4-6-10(7-5-9)15(16,17)18/h4-7H,8H2,1-3H3. The molecule has 0 radical (unpaired) electrons. The molecule has 4 nitrogen and oxygen atoms in total. The number of nitrogens with zero attached hydrogens (tertiary/aromatic N) is 2. The molecule has 1 aromatic rings. The van der Waals surface area contributed by atoms with Crippen LogP contribution in [0.1, 0.15) is 18.1 Å². The van der Waals surface area contributed by atoms with Crippen LogP contribution < -0.4 is 0 Å². The van der Waals surface area contributed by atoms with E-state index in [9.17, 15) is 22.8 Å². The first kappa shape index (κ1) is 17.5. The average molecular weight is 376 g/mol. The number of fused-ring (bicyclic) bond motifs is 3. The molecule has 1 aromatic carbocycles. The van der Waals surface area contributed by atoms with Gasteiger partial charge in [0.25, 0.3) is 11.8 Å². The van der Waals surface area contributed by atoms with Crippen molar-refractivity contribution < 1.29 is 22.8 Å². The zero-order chi connectivity index (χ0) is 17.9. The Kier molecular flexibility index (Phi) is 3.87. The number of benzene rings is 1. The third-order valence-corrected chi connectivity index (χ3v) is 8.36. The van der Waals surface area contributed by atoms with Gasteiger partial charge in [0.05, 0.1) is 5.56 Å². The summed E-state index contributed by atoms with van der Waals surface area (Å²) in [6.07, 6.45) is -4.24. The highest BCUT2D eigenvalue weighted by Crippen LogP contribution is 2.58.